The third-order valence-electron chi connectivity index (χ3n) is 6.39. The average Bonchev–Trinajstić information content (AvgIpc) is 2.98. The van der Waals surface area contributed by atoms with Gasteiger partial charge in [0.25, 0.3) is 0 Å². The molecule has 2 aliphatic heterocycles. The molecule has 3 heterocycles. The second-order valence-corrected chi connectivity index (χ2v) is 7.44. The molecule has 0 amide bonds. The molecule has 3 atom stereocenters. The zero-order valence-corrected chi connectivity index (χ0v) is 13.5. The Morgan fingerprint density at radius 3 is 3.09 bits per heavy atom. The fourth-order valence-corrected chi connectivity index (χ4v) is 5.28. The summed E-state index contributed by atoms with van der Waals surface area (Å²) < 4.78 is 0. The third-order valence-corrected chi connectivity index (χ3v) is 6.39. The molecule has 2 aromatic rings. The number of H-pyrrole nitrogens is 1. The maximum absolute atomic E-state index is 9.75. The van der Waals surface area contributed by atoms with Gasteiger partial charge in [-0.1, -0.05) is 24.3 Å². The maximum atomic E-state index is 9.75. The van der Waals surface area contributed by atoms with Crippen molar-refractivity contribution in [3.8, 4) is 0 Å². The number of aromatic amines is 1. The first kappa shape index (κ1) is 13.8. The van der Waals surface area contributed by atoms with Gasteiger partial charge in [-0.25, -0.2) is 0 Å². The molecular weight excluding hydrogens is 284 g/mol. The molecule has 2 N–H and O–H groups in total. The number of aliphatic hydroxyl groups is 1. The Balaban J connectivity index is 1.56. The van der Waals surface area contributed by atoms with E-state index in [1.165, 1.54) is 47.2 Å². The minimum Gasteiger partial charge on any atom is -0.392 e. The van der Waals surface area contributed by atoms with E-state index in [2.05, 4.69) is 40.2 Å². The van der Waals surface area contributed by atoms with Gasteiger partial charge in [0.2, 0.25) is 0 Å². The summed E-state index contributed by atoms with van der Waals surface area (Å²) in [7, 11) is 0. The number of benzene rings is 1. The summed E-state index contributed by atoms with van der Waals surface area (Å²) in [6, 6.07) is 9.22. The molecular formula is C20H24N2O. The molecule has 1 aliphatic carbocycles. The lowest BCUT2D eigenvalue weighted by molar-refractivity contribution is 0.0539. The van der Waals surface area contributed by atoms with Crippen LogP contribution >= 0.6 is 0 Å². The summed E-state index contributed by atoms with van der Waals surface area (Å²) in [6.07, 6.45) is 7.06. The molecule has 120 valence electrons. The van der Waals surface area contributed by atoms with Crippen LogP contribution in [0.15, 0.2) is 35.9 Å². The summed E-state index contributed by atoms with van der Waals surface area (Å²) in [4.78, 5) is 6.41. The standard InChI is InChI=1S/C20H24N2O/c23-12-14-5-3-4-13-11-22-9-8-16-15-6-1-2-7-18(15)21-20(16)19(22)10-17(13)14/h1-2,5-7,13,17,19,21,23H,3-4,8-12H2. The smallest absolute Gasteiger partial charge is 0.0644 e. The Hall–Kier alpha value is -1.58. The highest BCUT2D eigenvalue weighted by atomic mass is 16.3. The summed E-state index contributed by atoms with van der Waals surface area (Å²) in [5.41, 5.74) is 5.55. The molecule has 0 radical (unpaired) electrons. The second kappa shape index (κ2) is 5.22. The lowest BCUT2D eigenvalue weighted by atomic mass is 9.70. The quantitative estimate of drug-likeness (QED) is 0.792. The number of aliphatic hydroxyl groups excluding tert-OH is 1. The van der Waals surface area contributed by atoms with Gasteiger partial charge in [0, 0.05) is 29.7 Å². The van der Waals surface area contributed by atoms with E-state index in [0.29, 0.717) is 12.0 Å². The first-order chi connectivity index (χ1) is 11.3. The summed E-state index contributed by atoms with van der Waals surface area (Å²) in [5.74, 6) is 1.32. The number of piperidine rings is 1. The third kappa shape index (κ3) is 2.03. The van der Waals surface area contributed by atoms with E-state index < -0.39 is 0 Å². The van der Waals surface area contributed by atoms with E-state index in [-0.39, 0.29) is 6.61 Å². The van der Waals surface area contributed by atoms with Crippen molar-refractivity contribution in [1.82, 2.24) is 9.88 Å². The van der Waals surface area contributed by atoms with Crippen molar-refractivity contribution in [2.75, 3.05) is 19.7 Å². The minimum absolute atomic E-state index is 0.243. The Labute approximate surface area is 137 Å². The Morgan fingerprint density at radius 2 is 2.17 bits per heavy atom. The van der Waals surface area contributed by atoms with E-state index in [1.807, 2.05) is 0 Å². The van der Waals surface area contributed by atoms with E-state index in [0.717, 1.165) is 25.2 Å². The van der Waals surface area contributed by atoms with Gasteiger partial charge >= 0.3 is 0 Å². The molecule has 0 bridgehead atoms. The zero-order chi connectivity index (χ0) is 15.4. The SMILES string of the molecule is OCC1=CCCC2CN3CCc4c([nH]c5ccccc45)C3CC12. The number of rotatable bonds is 1. The van der Waals surface area contributed by atoms with Crippen LogP contribution < -0.4 is 0 Å². The first-order valence-corrected chi connectivity index (χ1v) is 8.98. The summed E-state index contributed by atoms with van der Waals surface area (Å²) in [5, 5.41) is 11.2. The van der Waals surface area contributed by atoms with Crippen LogP contribution in [0.3, 0.4) is 0 Å². The highest BCUT2D eigenvalue weighted by Crippen LogP contribution is 2.47. The van der Waals surface area contributed by atoms with Gasteiger partial charge in [0.05, 0.1) is 12.6 Å². The van der Waals surface area contributed by atoms with Crippen molar-refractivity contribution in [2.24, 2.45) is 11.8 Å². The molecule has 0 spiro atoms. The van der Waals surface area contributed by atoms with Crippen LogP contribution in [0.4, 0.5) is 0 Å². The number of fused-ring (bicyclic) bond motifs is 6. The van der Waals surface area contributed by atoms with Gasteiger partial charge in [-0.05, 0) is 54.7 Å². The number of nitrogens with zero attached hydrogens (tertiary/aromatic N) is 1. The molecule has 1 saturated heterocycles. The largest absolute Gasteiger partial charge is 0.392 e. The maximum Gasteiger partial charge on any atom is 0.0644 e. The van der Waals surface area contributed by atoms with Crippen molar-refractivity contribution in [3.05, 3.63) is 47.2 Å². The lowest BCUT2D eigenvalue weighted by Crippen LogP contribution is -2.47. The molecule has 0 saturated carbocycles. The molecule has 1 aromatic heterocycles. The average molecular weight is 308 g/mol. The Bertz CT molecular complexity index is 775. The summed E-state index contributed by atoms with van der Waals surface area (Å²) in [6.45, 7) is 2.62. The molecule has 23 heavy (non-hydrogen) atoms. The molecule has 3 aliphatic rings. The molecule has 5 rings (SSSR count). The molecule has 3 nitrogen and oxygen atoms in total. The van der Waals surface area contributed by atoms with E-state index in [9.17, 15) is 5.11 Å². The van der Waals surface area contributed by atoms with Crippen LogP contribution in [0.25, 0.3) is 10.9 Å². The number of nitrogens with one attached hydrogen (secondary N) is 1. The van der Waals surface area contributed by atoms with Gasteiger partial charge in [0.15, 0.2) is 0 Å². The lowest BCUT2D eigenvalue weighted by Gasteiger charge is -2.48. The first-order valence-electron chi connectivity index (χ1n) is 8.98. The topological polar surface area (TPSA) is 39.3 Å². The normalized spacial score (nSPS) is 30.5. The number of hydrogen-bond acceptors (Lipinski definition) is 2. The van der Waals surface area contributed by atoms with Gasteiger partial charge in [-0.15, -0.1) is 0 Å². The van der Waals surface area contributed by atoms with Crippen LogP contribution in [-0.4, -0.2) is 34.7 Å². The van der Waals surface area contributed by atoms with E-state index in [4.69, 9.17) is 0 Å². The van der Waals surface area contributed by atoms with Crippen molar-refractivity contribution in [2.45, 2.75) is 31.7 Å². The monoisotopic (exact) mass is 308 g/mol. The summed E-state index contributed by atoms with van der Waals surface area (Å²) >= 11 is 0. The predicted molar refractivity (Wildman–Crippen MR) is 92.3 cm³/mol. The molecule has 1 aromatic carbocycles. The van der Waals surface area contributed by atoms with E-state index in [1.54, 1.807) is 0 Å². The Kier molecular flexibility index (Phi) is 3.14. The second-order valence-electron chi connectivity index (χ2n) is 7.44. The number of aromatic nitrogens is 1. The van der Waals surface area contributed by atoms with Gasteiger partial charge in [0.1, 0.15) is 0 Å². The van der Waals surface area contributed by atoms with Crippen LogP contribution in [0.5, 0.6) is 0 Å². The van der Waals surface area contributed by atoms with Crippen molar-refractivity contribution in [1.29, 1.82) is 0 Å². The minimum atomic E-state index is 0.243. The fraction of sp³-hybridized carbons (Fsp3) is 0.500. The van der Waals surface area contributed by atoms with Gasteiger partial charge < -0.3 is 10.1 Å². The highest BCUT2D eigenvalue weighted by molar-refractivity contribution is 5.85. The number of allylic oxidation sites excluding steroid dienone is 1. The van der Waals surface area contributed by atoms with Crippen molar-refractivity contribution in [3.63, 3.8) is 0 Å². The molecule has 3 unspecified atom stereocenters. The zero-order valence-electron chi connectivity index (χ0n) is 13.5. The van der Waals surface area contributed by atoms with Crippen molar-refractivity contribution < 1.29 is 5.11 Å². The van der Waals surface area contributed by atoms with Crippen LogP contribution in [0, 0.1) is 11.8 Å². The van der Waals surface area contributed by atoms with Gasteiger partial charge in [-0.2, -0.15) is 0 Å². The van der Waals surface area contributed by atoms with Crippen molar-refractivity contribution >= 4 is 10.9 Å². The predicted octanol–water partition coefficient (Wildman–Crippen LogP) is 3.42. The number of para-hydroxylation sites is 1. The highest BCUT2D eigenvalue weighted by Gasteiger charge is 2.41. The van der Waals surface area contributed by atoms with Gasteiger partial charge in [-0.3, -0.25) is 4.90 Å². The fourth-order valence-electron chi connectivity index (χ4n) is 5.28. The van der Waals surface area contributed by atoms with Crippen LogP contribution in [0.2, 0.25) is 0 Å². The molecule has 3 heteroatoms. The van der Waals surface area contributed by atoms with Crippen LogP contribution in [0.1, 0.15) is 36.6 Å². The molecule has 1 fully saturated rings. The number of hydrogen-bond donors (Lipinski definition) is 2. The van der Waals surface area contributed by atoms with Crippen LogP contribution in [-0.2, 0) is 6.42 Å². The Morgan fingerprint density at radius 1 is 1.26 bits per heavy atom. The van der Waals surface area contributed by atoms with E-state index >= 15 is 0 Å².